The van der Waals surface area contributed by atoms with E-state index in [2.05, 4.69) is 5.16 Å². The number of halogens is 3. The van der Waals surface area contributed by atoms with Crippen LogP contribution in [-0.2, 0) is 11.0 Å². The third-order valence-electron chi connectivity index (χ3n) is 3.79. The van der Waals surface area contributed by atoms with E-state index in [1.165, 1.54) is 23.1 Å². The van der Waals surface area contributed by atoms with E-state index in [1.54, 1.807) is 20.8 Å². The van der Waals surface area contributed by atoms with Crippen LogP contribution in [0.15, 0.2) is 29.4 Å². The van der Waals surface area contributed by atoms with Crippen LogP contribution >= 0.6 is 0 Å². The Balaban J connectivity index is 1.93. The Bertz CT molecular complexity index is 683. The lowest BCUT2D eigenvalue weighted by Gasteiger charge is -2.32. The summed E-state index contributed by atoms with van der Waals surface area (Å²) in [6, 6.07) is 4.93. The van der Waals surface area contributed by atoms with Crippen molar-refractivity contribution in [3.05, 3.63) is 29.8 Å². The second-order valence-corrected chi connectivity index (χ2v) is 6.93. The first-order chi connectivity index (χ1) is 12.0. The lowest BCUT2D eigenvalue weighted by molar-refractivity contribution is -0.139. The molecule has 0 fully saturated rings. The number of para-hydroxylation sites is 1. The molecule has 6 nitrogen and oxygen atoms in total. The van der Waals surface area contributed by atoms with Gasteiger partial charge < -0.3 is 14.7 Å². The molecule has 0 radical (unpaired) electrons. The Morgan fingerprint density at radius 2 is 2.00 bits per heavy atom. The number of alkyl halides is 3. The largest absolute Gasteiger partial charge is 0.489 e. The topological polar surface area (TPSA) is 71.4 Å². The van der Waals surface area contributed by atoms with Crippen molar-refractivity contribution in [1.29, 1.82) is 0 Å². The van der Waals surface area contributed by atoms with Gasteiger partial charge in [0.1, 0.15) is 12.4 Å². The molecule has 144 valence electrons. The lowest BCUT2D eigenvalue weighted by Crippen LogP contribution is -2.47. The lowest BCUT2D eigenvalue weighted by atomic mass is 10.1. The monoisotopic (exact) mass is 374 g/mol. The molecular weight excluding hydrogens is 353 g/mol. The maximum Gasteiger partial charge on any atom is 0.419 e. The Morgan fingerprint density at radius 3 is 2.58 bits per heavy atom. The smallest absolute Gasteiger partial charge is 0.419 e. The molecule has 2 rings (SSSR count). The predicted octanol–water partition coefficient (Wildman–Crippen LogP) is 4.01. The molecule has 1 heterocycles. The van der Waals surface area contributed by atoms with Gasteiger partial charge in [0.2, 0.25) is 0 Å². The number of carboxylic acid groups (broad SMARTS) is 1. The zero-order chi connectivity index (χ0) is 19.5. The highest BCUT2D eigenvalue weighted by Crippen LogP contribution is 2.36. The Kier molecular flexibility index (Phi) is 5.68. The van der Waals surface area contributed by atoms with Gasteiger partial charge in [-0.3, -0.25) is 4.90 Å². The van der Waals surface area contributed by atoms with E-state index in [9.17, 15) is 23.1 Å². The van der Waals surface area contributed by atoms with Crippen molar-refractivity contribution < 1.29 is 32.6 Å². The molecule has 1 unspecified atom stereocenters. The van der Waals surface area contributed by atoms with E-state index in [0.717, 1.165) is 6.07 Å². The van der Waals surface area contributed by atoms with Crippen molar-refractivity contribution in [2.45, 2.75) is 45.0 Å². The van der Waals surface area contributed by atoms with Crippen molar-refractivity contribution in [3.8, 4) is 5.75 Å². The van der Waals surface area contributed by atoms with Gasteiger partial charge in [-0.05, 0) is 32.9 Å². The number of oxime groups is 1. The summed E-state index contributed by atoms with van der Waals surface area (Å²) in [6.45, 7) is 5.21. The molecule has 1 aromatic rings. The van der Waals surface area contributed by atoms with E-state index in [4.69, 9.17) is 9.57 Å². The number of ether oxygens (including phenoxy) is 1. The average Bonchev–Trinajstić information content (AvgIpc) is 2.96. The zero-order valence-electron chi connectivity index (χ0n) is 14.7. The van der Waals surface area contributed by atoms with Gasteiger partial charge in [0.15, 0.2) is 6.10 Å². The van der Waals surface area contributed by atoms with E-state index < -0.39 is 29.5 Å². The van der Waals surface area contributed by atoms with E-state index in [-0.39, 0.29) is 25.3 Å². The second-order valence-electron chi connectivity index (χ2n) is 6.93. The maximum absolute atomic E-state index is 12.9. The number of amides is 1. The first kappa shape index (κ1) is 19.9. The van der Waals surface area contributed by atoms with Gasteiger partial charge in [-0.2, -0.15) is 13.2 Å². The summed E-state index contributed by atoms with van der Waals surface area (Å²) >= 11 is 0. The van der Waals surface area contributed by atoms with Gasteiger partial charge in [-0.15, -0.1) is 0 Å². The molecule has 1 aliphatic heterocycles. The molecule has 1 N–H and O–H groups in total. The summed E-state index contributed by atoms with van der Waals surface area (Å²) in [5, 5.41) is 13.1. The maximum atomic E-state index is 12.9. The molecule has 0 saturated carbocycles. The number of benzene rings is 1. The van der Waals surface area contributed by atoms with Crippen LogP contribution in [0.1, 0.15) is 32.8 Å². The quantitative estimate of drug-likeness (QED) is 0.845. The average molecular weight is 374 g/mol. The molecule has 0 bridgehead atoms. The number of hydrogen-bond donors (Lipinski definition) is 1. The minimum absolute atomic E-state index is 0.0640. The van der Waals surface area contributed by atoms with E-state index >= 15 is 0 Å². The van der Waals surface area contributed by atoms with Crippen molar-refractivity contribution in [2.24, 2.45) is 5.16 Å². The van der Waals surface area contributed by atoms with Crippen molar-refractivity contribution in [2.75, 3.05) is 13.2 Å². The fourth-order valence-electron chi connectivity index (χ4n) is 2.45. The standard InChI is InChI=1S/C17H21F3N2O4/c1-16(2,3)22(15(23)24)9-11-8-12(26-21-11)10-25-14-7-5-4-6-13(14)17(18,19)20/h4-7,12H,8-10H2,1-3H3,(H,23,24). The summed E-state index contributed by atoms with van der Waals surface area (Å²) in [7, 11) is 0. The first-order valence-electron chi connectivity index (χ1n) is 7.99. The SMILES string of the molecule is CC(C)(C)N(CC1=NOC(COc2ccccc2C(F)(F)F)C1)C(=O)O. The Labute approximate surface area is 149 Å². The zero-order valence-corrected chi connectivity index (χ0v) is 14.7. The molecule has 9 heteroatoms. The van der Waals surface area contributed by atoms with Gasteiger partial charge in [0.05, 0.1) is 17.8 Å². The number of nitrogens with zero attached hydrogens (tertiary/aromatic N) is 2. The van der Waals surface area contributed by atoms with Crippen molar-refractivity contribution in [1.82, 2.24) is 4.90 Å². The minimum Gasteiger partial charge on any atom is -0.489 e. The normalized spacial score (nSPS) is 17.5. The van der Waals surface area contributed by atoms with Crippen LogP contribution in [0.5, 0.6) is 5.75 Å². The third kappa shape index (κ3) is 5.03. The number of carbonyl (C=O) groups is 1. The molecule has 0 aromatic heterocycles. The van der Waals surface area contributed by atoms with Crippen LogP contribution in [0.4, 0.5) is 18.0 Å². The summed E-state index contributed by atoms with van der Waals surface area (Å²) in [6.07, 6.45) is -5.88. The summed E-state index contributed by atoms with van der Waals surface area (Å²) < 4.78 is 44.1. The fourth-order valence-corrected chi connectivity index (χ4v) is 2.45. The van der Waals surface area contributed by atoms with Crippen LogP contribution in [0, 0.1) is 0 Å². The first-order valence-corrected chi connectivity index (χ1v) is 7.99. The van der Waals surface area contributed by atoms with Gasteiger partial charge >= 0.3 is 12.3 Å². The van der Waals surface area contributed by atoms with Crippen LogP contribution in [0.3, 0.4) is 0 Å². The van der Waals surface area contributed by atoms with Crippen LogP contribution in [0.2, 0.25) is 0 Å². The molecule has 26 heavy (non-hydrogen) atoms. The molecule has 1 amide bonds. The van der Waals surface area contributed by atoms with Crippen LogP contribution in [-0.4, -0.2) is 46.6 Å². The molecule has 1 atom stereocenters. The second kappa shape index (κ2) is 7.43. The van der Waals surface area contributed by atoms with Crippen LogP contribution in [0.25, 0.3) is 0 Å². The predicted molar refractivity (Wildman–Crippen MR) is 88.3 cm³/mol. The highest BCUT2D eigenvalue weighted by molar-refractivity contribution is 5.89. The van der Waals surface area contributed by atoms with Gasteiger partial charge in [0.25, 0.3) is 0 Å². The molecule has 0 saturated heterocycles. The van der Waals surface area contributed by atoms with Crippen molar-refractivity contribution in [3.63, 3.8) is 0 Å². The van der Waals surface area contributed by atoms with Gasteiger partial charge in [-0.1, -0.05) is 17.3 Å². The number of hydrogen-bond acceptors (Lipinski definition) is 4. The summed E-state index contributed by atoms with van der Waals surface area (Å²) in [5.74, 6) is -0.279. The molecule has 1 aliphatic rings. The summed E-state index contributed by atoms with van der Waals surface area (Å²) in [4.78, 5) is 17.7. The summed E-state index contributed by atoms with van der Waals surface area (Å²) in [5.41, 5.74) is -0.974. The third-order valence-corrected chi connectivity index (χ3v) is 3.79. The minimum atomic E-state index is -4.51. The molecule has 1 aromatic carbocycles. The van der Waals surface area contributed by atoms with Crippen molar-refractivity contribution >= 4 is 11.8 Å². The number of rotatable bonds is 5. The van der Waals surface area contributed by atoms with E-state index in [1.807, 2.05) is 0 Å². The van der Waals surface area contributed by atoms with E-state index in [0.29, 0.717) is 5.71 Å². The Hall–Kier alpha value is -2.45. The highest BCUT2D eigenvalue weighted by atomic mass is 19.4. The Morgan fingerprint density at radius 1 is 1.35 bits per heavy atom. The van der Waals surface area contributed by atoms with Gasteiger partial charge in [0, 0.05) is 12.0 Å². The molecule has 0 aliphatic carbocycles. The molecule has 0 spiro atoms. The van der Waals surface area contributed by atoms with Gasteiger partial charge in [-0.25, -0.2) is 4.79 Å². The van der Waals surface area contributed by atoms with Crippen LogP contribution < -0.4 is 4.74 Å². The molecular formula is C17H21F3N2O4. The highest BCUT2D eigenvalue weighted by Gasteiger charge is 2.35. The fraction of sp³-hybridized carbons (Fsp3) is 0.529.